The Balaban J connectivity index is 4.33. The molecule has 0 rings (SSSR count). The van der Waals surface area contributed by atoms with Gasteiger partial charge >= 0.3 is 0 Å². The predicted molar refractivity (Wildman–Crippen MR) is 218 cm³/mol. The molecule has 5 unspecified atom stereocenters. The maximum Gasteiger partial charge on any atom is 0.0622 e. The summed E-state index contributed by atoms with van der Waals surface area (Å²) in [4.78, 5) is 0. The van der Waals surface area contributed by atoms with Gasteiger partial charge in [0.05, 0.1) is 34.6 Å². The summed E-state index contributed by atoms with van der Waals surface area (Å²) < 4.78 is 0. The number of hydrogen-bond acceptors (Lipinski definition) is 6. The fraction of sp³-hybridized carbons (Fsp3) is 0.822. The molecule has 0 aromatic carbocycles. The molecule has 0 aliphatic heterocycles. The van der Waals surface area contributed by atoms with Crippen molar-refractivity contribution in [3.05, 3.63) is 46.6 Å². The van der Waals surface area contributed by atoms with Crippen molar-refractivity contribution in [2.45, 2.75) is 232 Å². The lowest BCUT2D eigenvalue weighted by Crippen LogP contribution is -2.30. The summed E-state index contributed by atoms with van der Waals surface area (Å²) in [5.74, 6) is 0. The topological polar surface area (TPSA) is 121 Å². The van der Waals surface area contributed by atoms with Gasteiger partial charge in [-0.25, -0.2) is 0 Å². The molecule has 6 nitrogen and oxygen atoms in total. The maximum atomic E-state index is 11.0. The lowest BCUT2D eigenvalue weighted by molar-refractivity contribution is -0.00579. The van der Waals surface area contributed by atoms with E-state index in [4.69, 9.17) is 5.11 Å². The van der Waals surface area contributed by atoms with Gasteiger partial charge in [-0.1, -0.05) is 46.6 Å². The lowest BCUT2D eigenvalue weighted by Gasteiger charge is -2.30. The van der Waals surface area contributed by atoms with Gasteiger partial charge in [-0.15, -0.1) is 0 Å². The zero-order valence-electron chi connectivity index (χ0n) is 35.0. The van der Waals surface area contributed by atoms with Crippen LogP contribution in [0.5, 0.6) is 0 Å². The van der Waals surface area contributed by atoms with E-state index in [0.717, 1.165) is 83.5 Å². The number of allylic oxidation sites excluding steroid dienone is 7. The van der Waals surface area contributed by atoms with Gasteiger partial charge < -0.3 is 30.6 Å². The molecule has 0 aromatic rings. The summed E-state index contributed by atoms with van der Waals surface area (Å²) in [6.07, 6.45) is 25.0. The highest BCUT2D eigenvalue weighted by molar-refractivity contribution is 5.06. The fourth-order valence-corrected chi connectivity index (χ4v) is 7.00. The van der Waals surface area contributed by atoms with Crippen LogP contribution < -0.4 is 0 Å². The van der Waals surface area contributed by atoms with E-state index in [0.29, 0.717) is 51.4 Å². The van der Waals surface area contributed by atoms with Crippen LogP contribution in [0.2, 0.25) is 0 Å². The molecule has 0 amide bonds. The Bertz CT molecular complexity index is 1050. The second-order valence-corrected chi connectivity index (χ2v) is 18.0. The summed E-state index contributed by atoms with van der Waals surface area (Å²) >= 11 is 0. The first-order chi connectivity index (χ1) is 23.5. The van der Waals surface area contributed by atoms with E-state index in [1.54, 1.807) is 0 Å². The summed E-state index contributed by atoms with van der Waals surface area (Å²) in [7, 11) is 0. The Hall–Kier alpha value is -1.28. The minimum absolute atomic E-state index is 0.115. The number of hydrogen-bond donors (Lipinski definition) is 6. The SMILES string of the molecule is CC(C)=CCCC(C)(O)CCCC(C)(O)CCCC(C)(O)CCCC(C)(O)CCCC(C)(O)CCC/C(C)=C\CC/C(C)=C/CC/C(C)=C/CO. The van der Waals surface area contributed by atoms with Crippen molar-refractivity contribution in [3.63, 3.8) is 0 Å². The Kier molecular flexibility index (Phi) is 24.3. The Morgan fingerprint density at radius 1 is 0.373 bits per heavy atom. The Morgan fingerprint density at radius 3 is 1.00 bits per heavy atom. The third kappa shape index (κ3) is 29.8. The molecule has 0 aliphatic rings. The summed E-state index contributed by atoms with van der Waals surface area (Å²) in [5.41, 5.74) is 1.32. The standard InChI is InChI=1S/C45H84O6/c1-37(2)19-13-26-41(6,47)28-15-30-43(8,49)32-17-34-45(10,51)35-18-33-44(9,50)31-16-29-42(7,48)27-14-24-39(4)22-11-20-38(3)21-12-23-40(5)25-36-46/h19,21-22,25,46-51H,11-18,20,23-24,26-36H2,1-10H3/b38-21+,39-22-,40-25+. The van der Waals surface area contributed by atoms with Gasteiger partial charge in [-0.2, -0.15) is 0 Å². The van der Waals surface area contributed by atoms with Crippen LogP contribution in [-0.4, -0.2) is 65.3 Å². The molecule has 6 heteroatoms. The molecule has 300 valence electrons. The van der Waals surface area contributed by atoms with Crippen LogP contribution >= 0.6 is 0 Å². The zero-order chi connectivity index (χ0) is 39.2. The smallest absolute Gasteiger partial charge is 0.0622 e. The van der Waals surface area contributed by atoms with E-state index in [1.807, 2.05) is 40.7 Å². The summed E-state index contributed by atoms with van der Waals surface area (Å²) in [6, 6.07) is 0. The zero-order valence-corrected chi connectivity index (χ0v) is 35.0. The molecule has 0 radical (unpaired) electrons. The normalized spacial score (nSPS) is 19.1. The summed E-state index contributed by atoms with van der Waals surface area (Å²) in [6.45, 7) is 20.1. The monoisotopic (exact) mass is 721 g/mol. The van der Waals surface area contributed by atoms with Gasteiger partial charge in [0, 0.05) is 0 Å². The van der Waals surface area contributed by atoms with Gasteiger partial charge in [0.25, 0.3) is 0 Å². The van der Waals surface area contributed by atoms with E-state index in [2.05, 4.69) is 52.8 Å². The molecule has 0 fully saturated rings. The number of aliphatic hydroxyl groups is 6. The average molecular weight is 721 g/mol. The molecule has 0 heterocycles. The molecule has 0 spiro atoms. The van der Waals surface area contributed by atoms with Crippen molar-refractivity contribution in [2.24, 2.45) is 0 Å². The van der Waals surface area contributed by atoms with E-state index in [1.165, 1.54) is 22.3 Å². The van der Waals surface area contributed by atoms with Crippen molar-refractivity contribution in [2.75, 3.05) is 6.61 Å². The fourth-order valence-electron chi connectivity index (χ4n) is 7.00. The first kappa shape index (κ1) is 49.7. The average Bonchev–Trinajstić information content (AvgIpc) is 2.96. The van der Waals surface area contributed by atoms with Crippen molar-refractivity contribution in [1.29, 1.82) is 0 Å². The number of aliphatic hydroxyl groups excluding tert-OH is 1. The third-order valence-electron chi connectivity index (χ3n) is 10.7. The van der Waals surface area contributed by atoms with Gasteiger partial charge in [0.1, 0.15) is 0 Å². The van der Waals surface area contributed by atoms with Crippen LogP contribution in [0.3, 0.4) is 0 Å². The van der Waals surface area contributed by atoms with E-state index in [9.17, 15) is 25.5 Å². The van der Waals surface area contributed by atoms with Crippen molar-refractivity contribution >= 4 is 0 Å². The van der Waals surface area contributed by atoms with Gasteiger partial charge in [-0.3, -0.25) is 0 Å². The first-order valence-electron chi connectivity index (χ1n) is 20.3. The van der Waals surface area contributed by atoms with Crippen molar-refractivity contribution in [3.8, 4) is 0 Å². The predicted octanol–water partition coefficient (Wildman–Crippen LogP) is 10.7. The van der Waals surface area contributed by atoms with Gasteiger partial charge in [-0.05, 0) is 204 Å². The highest BCUT2D eigenvalue weighted by atomic mass is 16.3. The molecule has 0 aromatic heterocycles. The molecule has 0 bridgehead atoms. The van der Waals surface area contributed by atoms with Crippen LogP contribution in [-0.2, 0) is 0 Å². The van der Waals surface area contributed by atoms with Crippen LogP contribution in [0.4, 0.5) is 0 Å². The second-order valence-electron chi connectivity index (χ2n) is 18.0. The lowest BCUT2D eigenvalue weighted by atomic mass is 9.84. The molecule has 0 aliphatic carbocycles. The quantitative estimate of drug-likeness (QED) is 0.0411. The molecule has 5 atom stereocenters. The van der Waals surface area contributed by atoms with Crippen LogP contribution in [0.25, 0.3) is 0 Å². The van der Waals surface area contributed by atoms with Crippen molar-refractivity contribution in [1.82, 2.24) is 0 Å². The minimum Gasteiger partial charge on any atom is -0.392 e. The Morgan fingerprint density at radius 2 is 0.667 bits per heavy atom. The number of rotatable bonds is 30. The third-order valence-corrected chi connectivity index (χ3v) is 10.7. The van der Waals surface area contributed by atoms with Gasteiger partial charge in [0.15, 0.2) is 0 Å². The summed E-state index contributed by atoms with van der Waals surface area (Å²) in [5, 5.41) is 63.6. The molecule has 0 saturated carbocycles. The molecule has 51 heavy (non-hydrogen) atoms. The van der Waals surface area contributed by atoms with Crippen molar-refractivity contribution < 1.29 is 30.6 Å². The maximum absolute atomic E-state index is 11.0. The molecule has 0 saturated heterocycles. The molecular weight excluding hydrogens is 636 g/mol. The highest BCUT2D eigenvalue weighted by Crippen LogP contribution is 2.31. The minimum atomic E-state index is -0.843. The Labute approximate surface area is 315 Å². The molecule has 6 N–H and O–H groups in total. The highest BCUT2D eigenvalue weighted by Gasteiger charge is 2.28. The van der Waals surface area contributed by atoms with E-state index < -0.39 is 28.0 Å². The van der Waals surface area contributed by atoms with Crippen LogP contribution in [0.15, 0.2) is 46.6 Å². The van der Waals surface area contributed by atoms with Gasteiger partial charge in [0.2, 0.25) is 0 Å². The molecular formula is C45H84O6. The first-order valence-corrected chi connectivity index (χ1v) is 20.3. The second kappa shape index (κ2) is 24.9. The largest absolute Gasteiger partial charge is 0.392 e. The van der Waals surface area contributed by atoms with E-state index >= 15 is 0 Å². The van der Waals surface area contributed by atoms with Crippen LogP contribution in [0, 0.1) is 0 Å². The van der Waals surface area contributed by atoms with Crippen LogP contribution in [0.1, 0.15) is 204 Å². The van der Waals surface area contributed by atoms with E-state index in [-0.39, 0.29) is 6.61 Å².